The van der Waals surface area contributed by atoms with Crippen LogP contribution in [0.4, 0.5) is 0 Å². The van der Waals surface area contributed by atoms with Crippen molar-refractivity contribution < 1.29 is 4.74 Å². The Morgan fingerprint density at radius 2 is 1.95 bits per heavy atom. The van der Waals surface area contributed by atoms with Gasteiger partial charge in [-0.25, -0.2) is 0 Å². The molecule has 3 fully saturated rings. The smallest absolute Gasteiger partial charge is 0.191 e. The first kappa shape index (κ1) is 15.1. The van der Waals surface area contributed by atoms with E-state index in [9.17, 15) is 0 Å². The first-order valence-electron chi connectivity index (χ1n) is 8.70. The molecule has 1 heterocycles. The SMILES string of the molecule is CN=C(NC(C)C(C)C)NC1C2CCOC2C12CCCC2. The third-order valence-corrected chi connectivity index (χ3v) is 6.17. The molecule has 4 nitrogen and oxygen atoms in total. The lowest BCUT2D eigenvalue weighted by molar-refractivity contribution is -0.125. The van der Waals surface area contributed by atoms with E-state index in [4.69, 9.17) is 4.74 Å². The zero-order valence-electron chi connectivity index (χ0n) is 14.0. The fraction of sp³-hybridized carbons (Fsp3) is 0.941. The van der Waals surface area contributed by atoms with Gasteiger partial charge in [-0.15, -0.1) is 0 Å². The molecule has 1 saturated heterocycles. The van der Waals surface area contributed by atoms with E-state index in [0.29, 0.717) is 35.4 Å². The maximum atomic E-state index is 6.05. The second kappa shape index (κ2) is 5.79. The summed E-state index contributed by atoms with van der Waals surface area (Å²) in [5, 5.41) is 7.30. The van der Waals surface area contributed by atoms with Crippen molar-refractivity contribution in [1.29, 1.82) is 0 Å². The Labute approximate surface area is 129 Å². The van der Waals surface area contributed by atoms with Gasteiger partial charge in [0.2, 0.25) is 0 Å². The number of guanidine groups is 1. The minimum Gasteiger partial charge on any atom is -0.377 e. The lowest BCUT2D eigenvalue weighted by Crippen LogP contribution is -2.69. The summed E-state index contributed by atoms with van der Waals surface area (Å²) < 4.78 is 6.05. The summed E-state index contributed by atoms with van der Waals surface area (Å²) in [5.74, 6) is 2.27. The highest BCUT2D eigenvalue weighted by molar-refractivity contribution is 5.80. The Hall–Kier alpha value is -0.770. The molecule has 1 aliphatic heterocycles. The third-order valence-electron chi connectivity index (χ3n) is 6.17. The molecule has 0 aromatic carbocycles. The molecule has 1 spiro atoms. The maximum Gasteiger partial charge on any atom is 0.191 e. The summed E-state index contributed by atoms with van der Waals surface area (Å²) in [5.41, 5.74) is 0.389. The Balaban J connectivity index is 1.68. The summed E-state index contributed by atoms with van der Waals surface area (Å²) in [7, 11) is 1.88. The number of ether oxygens (including phenoxy) is 1. The van der Waals surface area contributed by atoms with Crippen LogP contribution in [0.5, 0.6) is 0 Å². The molecule has 21 heavy (non-hydrogen) atoms. The predicted molar refractivity (Wildman–Crippen MR) is 86.5 cm³/mol. The normalized spacial score (nSPS) is 35.7. The summed E-state index contributed by atoms with van der Waals surface area (Å²) in [4.78, 5) is 4.45. The van der Waals surface area contributed by atoms with Gasteiger partial charge in [-0.1, -0.05) is 26.7 Å². The molecule has 4 unspecified atom stereocenters. The fourth-order valence-electron chi connectivity index (χ4n) is 4.60. The average molecular weight is 293 g/mol. The van der Waals surface area contributed by atoms with E-state index < -0.39 is 0 Å². The van der Waals surface area contributed by atoms with Gasteiger partial charge in [0.15, 0.2) is 5.96 Å². The van der Waals surface area contributed by atoms with Gasteiger partial charge < -0.3 is 15.4 Å². The van der Waals surface area contributed by atoms with Crippen LogP contribution in [0.3, 0.4) is 0 Å². The number of fused-ring (bicyclic) bond motifs is 2. The van der Waals surface area contributed by atoms with Gasteiger partial charge in [-0.2, -0.15) is 0 Å². The standard InChI is InChI=1S/C17H31N3O/c1-11(2)12(3)19-16(18-4)20-14-13-7-10-21-15(13)17(14)8-5-6-9-17/h11-15H,5-10H2,1-4H3,(H2,18,19,20). The Morgan fingerprint density at radius 1 is 1.24 bits per heavy atom. The van der Waals surface area contributed by atoms with Crippen molar-refractivity contribution in [2.24, 2.45) is 22.2 Å². The van der Waals surface area contributed by atoms with Crippen molar-refractivity contribution in [3.8, 4) is 0 Å². The van der Waals surface area contributed by atoms with Gasteiger partial charge in [-0.3, -0.25) is 4.99 Å². The summed E-state index contributed by atoms with van der Waals surface area (Å²) >= 11 is 0. The van der Waals surface area contributed by atoms with E-state index in [-0.39, 0.29) is 0 Å². The van der Waals surface area contributed by atoms with Crippen molar-refractivity contribution >= 4 is 5.96 Å². The molecule has 4 atom stereocenters. The second-order valence-electron chi connectivity index (χ2n) is 7.56. The zero-order chi connectivity index (χ0) is 15.0. The Morgan fingerprint density at radius 3 is 2.57 bits per heavy atom. The van der Waals surface area contributed by atoms with Crippen LogP contribution >= 0.6 is 0 Å². The van der Waals surface area contributed by atoms with E-state index in [1.807, 2.05) is 7.05 Å². The van der Waals surface area contributed by atoms with Crippen molar-refractivity contribution in [2.75, 3.05) is 13.7 Å². The highest BCUT2D eigenvalue weighted by Gasteiger charge is 2.65. The molecule has 0 radical (unpaired) electrons. The highest BCUT2D eigenvalue weighted by Crippen LogP contribution is 2.60. The van der Waals surface area contributed by atoms with E-state index in [1.54, 1.807) is 0 Å². The lowest BCUT2D eigenvalue weighted by atomic mass is 9.54. The van der Waals surface area contributed by atoms with Crippen LogP contribution in [0.2, 0.25) is 0 Å². The number of hydrogen-bond acceptors (Lipinski definition) is 2. The largest absolute Gasteiger partial charge is 0.377 e. The third kappa shape index (κ3) is 2.45. The van der Waals surface area contributed by atoms with Gasteiger partial charge in [-0.05, 0) is 32.1 Å². The molecule has 0 aromatic heterocycles. The summed E-state index contributed by atoms with van der Waals surface area (Å²) in [6, 6.07) is 0.990. The molecule has 2 saturated carbocycles. The molecule has 3 aliphatic rings. The first-order valence-corrected chi connectivity index (χ1v) is 8.70. The van der Waals surface area contributed by atoms with Gasteiger partial charge in [0, 0.05) is 37.1 Å². The van der Waals surface area contributed by atoms with Gasteiger partial charge in [0.05, 0.1) is 6.10 Å². The molecule has 0 aromatic rings. The van der Waals surface area contributed by atoms with E-state index in [2.05, 4.69) is 36.4 Å². The average Bonchev–Trinajstić information content (AvgIpc) is 3.10. The molecule has 120 valence electrons. The lowest BCUT2D eigenvalue weighted by Gasteiger charge is -2.57. The van der Waals surface area contributed by atoms with E-state index in [1.165, 1.54) is 32.1 Å². The van der Waals surface area contributed by atoms with Crippen LogP contribution in [-0.2, 0) is 4.74 Å². The topological polar surface area (TPSA) is 45.7 Å². The van der Waals surface area contributed by atoms with Gasteiger partial charge in [0.1, 0.15) is 0 Å². The van der Waals surface area contributed by atoms with Crippen LogP contribution in [0.1, 0.15) is 52.9 Å². The number of aliphatic imine (C=N–C) groups is 1. The highest BCUT2D eigenvalue weighted by atomic mass is 16.5. The molecule has 2 aliphatic carbocycles. The zero-order valence-corrected chi connectivity index (χ0v) is 14.0. The van der Waals surface area contributed by atoms with Gasteiger partial charge >= 0.3 is 0 Å². The predicted octanol–water partition coefficient (Wildman–Crippen LogP) is 2.54. The molecule has 0 bridgehead atoms. The minimum atomic E-state index is 0.389. The van der Waals surface area contributed by atoms with Crippen molar-refractivity contribution in [1.82, 2.24) is 10.6 Å². The van der Waals surface area contributed by atoms with Crippen LogP contribution < -0.4 is 10.6 Å². The molecular weight excluding hydrogens is 262 g/mol. The second-order valence-corrected chi connectivity index (χ2v) is 7.56. The monoisotopic (exact) mass is 293 g/mol. The van der Waals surface area contributed by atoms with Crippen molar-refractivity contribution in [2.45, 2.75) is 71.1 Å². The number of nitrogens with zero attached hydrogens (tertiary/aromatic N) is 1. The molecule has 2 N–H and O–H groups in total. The Bertz CT molecular complexity index is 401. The van der Waals surface area contributed by atoms with E-state index >= 15 is 0 Å². The van der Waals surface area contributed by atoms with Gasteiger partial charge in [0.25, 0.3) is 0 Å². The van der Waals surface area contributed by atoms with Crippen LogP contribution in [-0.4, -0.2) is 37.8 Å². The fourth-order valence-corrected chi connectivity index (χ4v) is 4.60. The molecule has 3 rings (SSSR count). The quantitative estimate of drug-likeness (QED) is 0.621. The summed E-state index contributed by atoms with van der Waals surface area (Å²) in [6.45, 7) is 7.66. The van der Waals surface area contributed by atoms with E-state index in [0.717, 1.165) is 12.6 Å². The summed E-state index contributed by atoms with van der Waals surface area (Å²) in [6.07, 6.45) is 7.09. The van der Waals surface area contributed by atoms with Crippen LogP contribution in [0.25, 0.3) is 0 Å². The van der Waals surface area contributed by atoms with Crippen molar-refractivity contribution in [3.05, 3.63) is 0 Å². The number of rotatable bonds is 3. The number of hydrogen-bond donors (Lipinski definition) is 2. The van der Waals surface area contributed by atoms with Crippen LogP contribution in [0.15, 0.2) is 4.99 Å². The molecule has 4 heteroatoms. The minimum absolute atomic E-state index is 0.389. The molecular formula is C17H31N3O. The molecule has 0 amide bonds. The Kier molecular flexibility index (Phi) is 4.17. The van der Waals surface area contributed by atoms with Crippen molar-refractivity contribution in [3.63, 3.8) is 0 Å². The maximum absolute atomic E-state index is 6.05. The van der Waals surface area contributed by atoms with Crippen LogP contribution in [0, 0.1) is 17.3 Å². The number of nitrogens with one attached hydrogen (secondary N) is 2. The first-order chi connectivity index (χ1) is 10.1.